The SMILES string of the molecule is CC[C@H](C)[C@H](NC(=O)[C@H](CCCNC(=N)N)NC(=O)[C@@H](NC(=O)[C@H](CC(N)=O)NC(=O)[C@H](CCCNC(=N)N)NC(=O)[C@H](Cc1c[nH]c2ccccc12)NC(=O)[C@@H](N)Cc1ccccc1)[C@@H](C)CC)C(=O)N[C@@H](Cc1c[nH]c2ccccc12)C(=O)N[C@@H](CCCNC(=N)N)C(=O)N[C@@H](CCCNC(=N)N)C(=O)O. The molecule has 0 saturated heterocycles. The lowest BCUT2D eigenvalue weighted by Gasteiger charge is -2.31. The van der Waals surface area contributed by atoms with E-state index < -0.39 is 150 Å². The standard InChI is InChI=1S/C71H107N25O12/c1-5-38(3)56(96-64(104)54(35-55(73)97)93-60(100)49(25-15-29-83-69(76)77)89-62(102)52(33-41-36-86-46-22-12-10-20-43(41)46)92-58(98)45(72)32-40-18-8-7-9-19-40)65(105)90-50(26-16-30-84-70(78)79)61(101)95-57(39(4)6-2)66(106)94-53(34-42-37-87-47-23-13-11-21-44(42)47)63(103)88-48(24-14-28-82-68(74)75)59(99)91-51(67(107)108)27-17-31-85-71(80)81/h7-13,18-23,36-39,45,48-54,56-57,86-87H,5-6,14-17,24-35,72H2,1-4H3,(H2,73,97)(H,88,103)(H,89,102)(H,90,105)(H,91,99)(H,92,98)(H,93,100)(H,94,106)(H,95,101)(H,96,104)(H,107,108)(H4,74,75,82)(H4,76,77,83)(H4,78,79,84)(H4,80,81,85)/t38-,39-,45-,48-,49-,50-,51-,52-,53-,54-,56-,57-/m0/s1. The van der Waals surface area contributed by atoms with Crippen molar-refractivity contribution in [2.45, 2.75) is 178 Å². The Labute approximate surface area is 625 Å². The van der Waals surface area contributed by atoms with Crippen molar-refractivity contribution in [1.29, 1.82) is 21.6 Å². The summed E-state index contributed by atoms with van der Waals surface area (Å²) in [5, 5.41) is 76.5. The summed E-state index contributed by atoms with van der Waals surface area (Å²) in [5.74, 6) is -13.5. The van der Waals surface area contributed by atoms with Gasteiger partial charge in [0.15, 0.2) is 23.8 Å². The van der Waals surface area contributed by atoms with Crippen molar-refractivity contribution in [3.8, 4) is 0 Å². The highest BCUT2D eigenvalue weighted by atomic mass is 16.4. The van der Waals surface area contributed by atoms with Gasteiger partial charge >= 0.3 is 5.97 Å². The third kappa shape index (κ3) is 28.8. The number of hydrogen-bond donors (Lipinski definition) is 26. The average Bonchev–Trinajstić information content (AvgIpc) is 1.61. The molecule has 37 nitrogen and oxygen atoms in total. The van der Waals surface area contributed by atoms with E-state index in [1.165, 1.54) is 0 Å². The number of nitrogens with two attached hydrogens (primary N) is 6. The highest BCUT2D eigenvalue weighted by Crippen LogP contribution is 2.22. The third-order valence-corrected chi connectivity index (χ3v) is 18.2. The van der Waals surface area contributed by atoms with Crippen LogP contribution in [0.5, 0.6) is 0 Å². The normalized spacial score (nSPS) is 14.4. The van der Waals surface area contributed by atoms with E-state index in [0.29, 0.717) is 22.0 Å². The molecule has 0 spiro atoms. The van der Waals surface area contributed by atoms with Crippen molar-refractivity contribution in [3.63, 3.8) is 0 Å². The molecule has 0 bridgehead atoms. The van der Waals surface area contributed by atoms with Gasteiger partial charge in [0, 0.05) is 73.2 Å². The highest BCUT2D eigenvalue weighted by Gasteiger charge is 2.39. The van der Waals surface area contributed by atoms with Gasteiger partial charge in [-0.05, 0) is 98.4 Å². The fourth-order valence-electron chi connectivity index (χ4n) is 11.8. The molecule has 3 aromatic carbocycles. The first-order chi connectivity index (χ1) is 51.4. The van der Waals surface area contributed by atoms with Gasteiger partial charge in [-0.2, -0.15) is 0 Å². The number of nitrogens with one attached hydrogen (secondary N) is 19. The lowest BCUT2D eigenvalue weighted by Crippen LogP contribution is -2.62. The van der Waals surface area contributed by atoms with Crippen LogP contribution in [0.2, 0.25) is 0 Å². The summed E-state index contributed by atoms with van der Waals surface area (Å²) in [5.41, 5.74) is 37.5. The topological polar surface area (TPSA) is 647 Å². The molecule has 5 rings (SSSR count). The monoisotopic (exact) mass is 1500 g/mol. The maximum atomic E-state index is 15.0. The second kappa shape index (κ2) is 44.0. The van der Waals surface area contributed by atoms with Crippen LogP contribution in [0.15, 0.2) is 91.3 Å². The predicted molar refractivity (Wildman–Crippen MR) is 406 cm³/mol. The molecule has 108 heavy (non-hydrogen) atoms. The van der Waals surface area contributed by atoms with E-state index in [2.05, 4.69) is 79.1 Å². The number of carboxylic acid groups (broad SMARTS) is 1. The Morgan fingerprint density at radius 1 is 0.398 bits per heavy atom. The molecular weight excluding hydrogens is 1390 g/mol. The number of H-pyrrole nitrogens is 2. The Kier molecular flexibility index (Phi) is 35.3. The van der Waals surface area contributed by atoms with E-state index in [1.807, 2.05) is 24.3 Å². The van der Waals surface area contributed by atoms with Crippen LogP contribution >= 0.6 is 0 Å². The first-order valence-electron chi connectivity index (χ1n) is 35.8. The maximum Gasteiger partial charge on any atom is 0.326 e. The molecule has 0 fully saturated rings. The van der Waals surface area contributed by atoms with Crippen molar-refractivity contribution in [2.24, 2.45) is 46.2 Å². The highest BCUT2D eigenvalue weighted by molar-refractivity contribution is 6.00. The number of aromatic nitrogens is 2. The summed E-state index contributed by atoms with van der Waals surface area (Å²) < 4.78 is 0. The first-order valence-corrected chi connectivity index (χ1v) is 35.8. The van der Waals surface area contributed by atoms with Crippen molar-refractivity contribution in [1.82, 2.24) is 79.1 Å². The zero-order chi connectivity index (χ0) is 79.6. The molecule has 10 amide bonds. The predicted octanol–water partition coefficient (Wildman–Crippen LogP) is -2.53. The number of para-hydroxylation sites is 2. The fourth-order valence-corrected chi connectivity index (χ4v) is 11.8. The molecule has 12 atom stereocenters. The average molecular weight is 1500 g/mol. The van der Waals surface area contributed by atoms with Crippen LogP contribution in [-0.2, 0) is 72.0 Å². The van der Waals surface area contributed by atoms with Gasteiger partial charge in [-0.1, -0.05) is 107 Å². The molecule has 32 N–H and O–H groups in total. The van der Waals surface area contributed by atoms with E-state index in [1.54, 1.807) is 94.7 Å². The minimum absolute atomic E-state index is 0.0216. The van der Waals surface area contributed by atoms with Gasteiger partial charge in [0.1, 0.15) is 54.4 Å². The first kappa shape index (κ1) is 86.6. The number of rotatable bonds is 47. The Morgan fingerprint density at radius 3 is 1.09 bits per heavy atom. The number of carboxylic acids is 1. The van der Waals surface area contributed by atoms with Crippen molar-refractivity contribution < 1.29 is 57.8 Å². The minimum atomic E-state index is -1.81. The second-order valence-corrected chi connectivity index (χ2v) is 26.5. The van der Waals surface area contributed by atoms with E-state index in [9.17, 15) is 53.1 Å². The summed E-state index contributed by atoms with van der Waals surface area (Å²) in [7, 11) is 0. The summed E-state index contributed by atoms with van der Waals surface area (Å²) in [6, 6.07) is 8.72. The molecule has 0 radical (unpaired) electrons. The largest absolute Gasteiger partial charge is 0.480 e. The van der Waals surface area contributed by atoms with Gasteiger partial charge < -0.3 is 119 Å². The molecule has 37 heteroatoms. The number of benzene rings is 3. The van der Waals surface area contributed by atoms with Crippen LogP contribution in [-0.4, -0.2) is 191 Å². The van der Waals surface area contributed by atoms with Crippen LogP contribution in [0.3, 0.4) is 0 Å². The van der Waals surface area contributed by atoms with Crippen LogP contribution in [0, 0.1) is 33.5 Å². The minimum Gasteiger partial charge on any atom is -0.480 e. The van der Waals surface area contributed by atoms with E-state index in [0.717, 1.165) is 16.5 Å². The van der Waals surface area contributed by atoms with Crippen molar-refractivity contribution in [2.75, 3.05) is 26.2 Å². The summed E-state index contributed by atoms with van der Waals surface area (Å²) in [6.07, 6.45) is 2.68. The summed E-state index contributed by atoms with van der Waals surface area (Å²) in [6.45, 7) is 6.95. The third-order valence-electron chi connectivity index (χ3n) is 18.2. The zero-order valence-electron chi connectivity index (χ0n) is 61.2. The number of aliphatic carboxylic acids is 1. The number of fused-ring (bicyclic) bond motifs is 2. The Hall–Kier alpha value is -12.0. The molecule has 0 aliphatic heterocycles. The number of carbonyl (C=O) groups excluding carboxylic acids is 10. The molecule has 588 valence electrons. The number of carbonyl (C=O) groups is 11. The van der Waals surface area contributed by atoms with Gasteiger partial charge in [-0.15, -0.1) is 0 Å². The van der Waals surface area contributed by atoms with Crippen LogP contribution in [0.4, 0.5) is 0 Å². The fraction of sp³-hybridized carbons (Fsp3) is 0.479. The summed E-state index contributed by atoms with van der Waals surface area (Å²) >= 11 is 0. The lowest BCUT2D eigenvalue weighted by atomic mass is 9.95. The molecule has 5 aromatic rings. The van der Waals surface area contributed by atoms with Crippen LogP contribution in [0.25, 0.3) is 21.8 Å². The van der Waals surface area contributed by atoms with E-state index >= 15 is 4.79 Å². The Morgan fingerprint density at radius 2 is 0.713 bits per heavy atom. The number of hydrogen-bond acceptors (Lipinski definition) is 16. The lowest BCUT2D eigenvalue weighted by molar-refractivity contribution is -0.142. The Balaban J connectivity index is 1.43. The number of guanidine groups is 4. The molecule has 0 aliphatic carbocycles. The molecule has 0 aliphatic rings. The van der Waals surface area contributed by atoms with Gasteiger partial charge in [0.2, 0.25) is 59.1 Å². The Bertz CT molecular complexity index is 3920. The smallest absolute Gasteiger partial charge is 0.326 e. The van der Waals surface area contributed by atoms with Crippen LogP contribution < -0.4 is 104 Å². The van der Waals surface area contributed by atoms with E-state index in [-0.39, 0.29) is 128 Å². The van der Waals surface area contributed by atoms with Gasteiger partial charge in [-0.25, -0.2) is 4.79 Å². The number of amides is 10. The maximum absolute atomic E-state index is 15.0. The molecular formula is C71H107N25O12. The van der Waals surface area contributed by atoms with Gasteiger partial charge in [-0.3, -0.25) is 69.6 Å². The molecule has 0 saturated carbocycles. The quantitative estimate of drug-likeness (QED) is 0.0109. The molecule has 2 aromatic heterocycles. The molecule has 0 unspecified atom stereocenters. The van der Waals surface area contributed by atoms with Gasteiger partial charge in [0.25, 0.3) is 0 Å². The van der Waals surface area contributed by atoms with E-state index in [4.69, 9.17) is 56.0 Å². The number of aromatic amines is 2. The van der Waals surface area contributed by atoms with Crippen LogP contribution in [0.1, 0.15) is 115 Å². The van der Waals surface area contributed by atoms with Gasteiger partial charge in [0.05, 0.1) is 12.5 Å². The molecule has 2 heterocycles. The summed E-state index contributed by atoms with van der Waals surface area (Å²) in [4.78, 5) is 163. The van der Waals surface area contributed by atoms with Crippen molar-refractivity contribution in [3.05, 3.63) is 108 Å². The van der Waals surface area contributed by atoms with Crippen molar-refractivity contribution >= 4 is 111 Å². The zero-order valence-corrected chi connectivity index (χ0v) is 61.2. The number of primary amides is 1. The second-order valence-electron chi connectivity index (χ2n) is 26.5.